The summed E-state index contributed by atoms with van der Waals surface area (Å²) in [6, 6.07) is 10.8. The predicted molar refractivity (Wildman–Crippen MR) is 227 cm³/mol. The molecule has 2 aromatic carbocycles. The van der Waals surface area contributed by atoms with E-state index in [1.165, 1.54) is 17.3 Å². The summed E-state index contributed by atoms with van der Waals surface area (Å²) in [6.45, 7) is 15.2. The molecule has 0 fully saturated rings. The minimum atomic E-state index is -4.38. The number of rotatable bonds is 26. The number of hydrogen-bond acceptors (Lipinski definition) is 10. The van der Waals surface area contributed by atoms with Crippen LogP contribution in [0.15, 0.2) is 46.2 Å². The highest BCUT2D eigenvalue weighted by Crippen LogP contribution is 2.45. The number of nitrogens with zero attached hydrogens (tertiary/aromatic N) is 2. The van der Waals surface area contributed by atoms with Crippen LogP contribution < -0.4 is 10.6 Å². The average molecular weight is 861 g/mol. The van der Waals surface area contributed by atoms with Crippen molar-refractivity contribution in [1.82, 2.24) is 10.6 Å². The van der Waals surface area contributed by atoms with E-state index >= 15 is 0 Å². The molecular weight excluding hydrogens is 797 g/mol. The number of hydrogen-bond donors (Lipinski definition) is 4. The quantitative estimate of drug-likeness (QED) is 0.0138. The molecule has 0 aliphatic carbocycles. The second kappa shape index (κ2) is 22.3. The Morgan fingerprint density at radius 3 is 1.90 bits per heavy atom. The zero-order valence-electron chi connectivity index (χ0n) is 35.6. The molecule has 2 aliphatic rings. The molecule has 0 bridgehead atoms. The van der Waals surface area contributed by atoms with E-state index in [0.717, 1.165) is 110 Å². The first-order valence-corrected chi connectivity index (χ1v) is 23.1. The Kier molecular flexibility index (Phi) is 18.1. The molecule has 59 heavy (non-hydrogen) atoms. The van der Waals surface area contributed by atoms with Crippen LogP contribution >= 0.6 is 12.0 Å². The van der Waals surface area contributed by atoms with Gasteiger partial charge < -0.3 is 15.4 Å². The van der Waals surface area contributed by atoms with Crippen LogP contribution in [0.3, 0.4) is 0 Å². The molecule has 0 radical (unpaired) electrons. The summed E-state index contributed by atoms with van der Waals surface area (Å²) in [5.41, 5.74) is 5.89. The van der Waals surface area contributed by atoms with Crippen LogP contribution in [-0.4, -0.2) is 89.4 Å². The van der Waals surface area contributed by atoms with Crippen molar-refractivity contribution in [2.24, 2.45) is 0 Å². The van der Waals surface area contributed by atoms with E-state index in [1.54, 1.807) is 19.1 Å². The van der Waals surface area contributed by atoms with Gasteiger partial charge in [-0.1, -0.05) is 17.9 Å². The summed E-state index contributed by atoms with van der Waals surface area (Å²) >= 11 is 0.951. The lowest BCUT2D eigenvalue weighted by Gasteiger charge is -2.22. The zero-order chi connectivity index (χ0) is 43.2. The molecule has 2 heterocycles. The van der Waals surface area contributed by atoms with Gasteiger partial charge in [-0.05, 0) is 90.5 Å². The monoisotopic (exact) mass is 860 g/mol. The van der Waals surface area contributed by atoms with Crippen LogP contribution in [0.5, 0.6) is 0 Å². The second-order valence-electron chi connectivity index (χ2n) is 16.2. The minimum absolute atomic E-state index is 0.0286. The summed E-state index contributed by atoms with van der Waals surface area (Å²) in [5.74, 6) is -0.279. The van der Waals surface area contributed by atoms with E-state index in [0.29, 0.717) is 45.4 Å². The molecule has 16 heteroatoms. The predicted octanol–water partition coefficient (Wildman–Crippen LogP) is 7.70. The van der Waals surface area contributed by atoms with Crippen LogP contribution in [0.1, 0.15) is 136 Å². The Morgan fingerprint density at radius 2 is 1.31 bits per heavy atom. The second-order valence-corrected chi connectivity index (χ2v) is 18.4. The normalized spacial score (nSPS) is 16.9. The summed E-state index contributed by atoms with van der Waals surface area (Å²) in [7, 11) is -4.38. The van der Waals surface area contributed by atoms with Crippen molar-refractivity contribution < 1.29 is 55.9 Å². The van der Waals surface area contributed by atoms with Gasteiger partial charge in [-0.2, -0.15) is 17.6 Å². The fourth-order valence-corrected chi connectivity index (χ4v) is 9.10. The first kappa shape index (κ1) is 48.0. The van der Waals surface area contributed by atoms with Crippen LogP contribution in [0, 0.1) is 0 Å². The highest BCUT2D eigenvalue weighted by molar-refractivity contribution is 7.94. The lowest BCUT2D eigenvalue weighted by molar-refractivity contribution is -0.440. The number of fused-ring (bicyclic) bond motifs is 2. The lowest BCUT2D eigenvalue weighted by Crippen LogP contribution is -2.34. The van der Waals surface area contributed by atoms with Gasteiger partial charge in [-0.25, -0.2) is 5.26 Å². The highest BCUT2D eigenvalue weighted by atomic mass is 32.2. The van der Waals surface area contributed by atoms with E-state index in [4.69, 9.17) is 9.99 Å². The number of esters is 1. The van der Waals surface area contributed by atoms with Gasteiger partial charge in [0.15, 0.2) is 11.4 Å². The number of benzene rings is 2. The molecule has 4 N–H and O–H groups in total. The minimum Gasteiger partial charge on any atom is -0.466 e. The summed E-state index contributed by atoms with van der Waals surface area (Å²) in [6.07, 6.45) is 9.31. The SMILES string of the molecule is CCOC(=O)CCCCC[N+]1=C(C)C(C)(CCCCCC(=O)NCCNC(=O)CCCCC[N+]2=C(C)C(C)(C)c3cc(SOOO)ccc32)c2cc(S(=O)(=O)O)ccc21. The Bertz CT molecular complexity index is 1980. The van der Waals surface area contributed by atoms with Crippen molar-refractivity contribution in [2.45, 2.75) is 146 Å². The largest absolute Gasteiger partial charge is 0.466 e. The smallest absolute Gasteiger partial charge is 0.305 e. The molecule has 0 saturated carbocycles. The van der Waals surface area contributed by atoms with Crippen molar-refractivity contribution in [3.8, 4) is 0 Å². The standard InChI is InChI=1S/C43H62N4O10S2/c1-7-55-41(50)19-13-10-16-28-47-32(3)43(6,36-30-34(59(52,53)54)21-23-38(36)47)24-14-8-11-17-39(48)44-25-26-45-40(49)18-12-9-15-27-46-31(2)42(4,5)35-29-33(58-57-56-51)20-22-37(35)46/h20-23,29-30H,7-19,24-28H2,1-6H3,(H2-2,44,45,48,49,51,52,53,54)/p+2. The van der Waals surface area contributed by atoms with Crippen molar-refractivity contribution in [2.75, 3.05) is 32.8 Å². The number of ether oxygens (including phenoxy) is 1. The van der Waals surface area contributed by atoms with E-state index in [-0.39, 0.29) is 28.1 Å². The van der Waals surface area contributed by atoms with Crippen LogP contribution in [0.2, 0.25) is 0 Å². The number of amides is 2. The van der Waals surface area contributed by atoms with Crippen LogP contribution in [-0.2, 0) is 49.4 Å². The third kappa shape index (κ3) is 12.9. The first-order chi connectivity index (χ1) is 28.0. The Hall–Kier alpha value is -3.67. The maximum Gasteiger partial charge on any atom is 0.305 e. The molecule has 14 nitrogen and oxygen atoms in total. The third-order valence-electron chi connectivity index (χ3n) is 12.0. The van der Waals surface area contributed by atoms with Crippen molar-refractivity contribution in [1.29, 1.82) is 0 Å². The molecule has 326 valence electrons. The van der Waals surface area contributed by atoms with Crippen LogP contribution in [0.25, 0.3) is 0 Å². The Morgan fingerprint density at radius 1 is 0.746 bits per heavy atom. The van der Waals surface area contributed by atoms with Gasteiger partial charge in [0.2, 0.25) is 23.2 Å². The first-order valence-electron chi connectivity index (χ1n) is 20.9. The summed E-state index contributed by atoms with van der Waals surface area (Å²) < 4.78 is 48.1. The molecule has 1 atom stereocenters. The number of nitrogens with one attached hydrogen (secondary N) is 2. The van der Waals surface area contributed by atoms with Gasteiger partial charge in [0, 0.05) is 87.2 Å². The number of carbonyl (C=O) groups excluding carboxylic acids is 3. The van der Waals surface area contributed by atoms with E-state index in [9.17, 15) is 27.4 Å². The van der Waals surface area contributed by atoms with Gasteiger partial charge in [-0.3, -0.25) is 18.9 Å². The van der Waals surface area contributed by atoms with Crippen molar-refractivity contribution >= 4 is 62.7 Å². The van der Waals surface area contributed by atoms with E-state index < -0.39 is 15.5 Å². The topological polar surface area (TPSA) is 184 Å². The Balaban J connectivity index is 1.13. The third-order valence-corrected chi connectivity index (χ3v) is 13.4. The Labute approximate surface area is 354 Å². The van der Waals surface area contributed by atoms with Gasteiger partial charge in [-0.15, -0.1) is 4.33 Å². The molecule has 2 aliphatic heterocycles. The molecule has 0 spiro atoms. The molecular formula is C43H64N4O10S2+2. The molecule has 0 aromatic heterocycles. The summed E-state index contributed by atoms with van der Waals surface area (Å²) in [4.78, 5) is 37.5. The fraction of sp³-hybridized carbons (Fsp3) is 0.605. The number of unbranched alkanes of at least 4 members (excludes halogenated alkanes) is 6. The highest BCUT2D eigenvalue weighted by Gasteiger charge is 2.46. The van der Waals surface area contributed by atoms with Gasteiger partial charge in [0.05, 0.1) is 34.4 Å². The lowest BCUT2D eigenvalue weighted by atomic mass is 9.76. The molecule has 4 rings (SSSR count). The van der Waals surface area contributed by atoms with Gasteiger partial charge in [0.1, 0.15) is 13.1 Å². The van der Waals surface area contributed by atoms with Crippen LogP contribution in [0.4, 0.5) is 11.4 Å². The molecule has 2 amide bonds. The van der Waals surface area contributed by atoms with Gasteiger partial charge >= 0.3 is 5.97 Å². The fourth-order valence-electron chi connectivity index (χ4n) is 8.19. The van der Waals surface area contributed by atoms with Gasteiger partial charge in [0.25, 0.3) is 10.1 Å². The van der Waals surface area contributed by atoms with E-state index in [1.807, 2.05) is 6.07 Å². The number of carbonyl (C=O) groups is 3. The maximum absolute atomic E-state index is 12.6. The average Bonchev–Trinajstić information content (AvgIpc) is 3.52. The van der Waals surface area contributed by atoms with Crippen molar-refractivity contribution in [3.63, 3.8) is 0 Å². The molecule has 0 saturated heterocycles. The summed E-state index contributed by atoms with van der Waals surface area (Å²) in [5, 5.41) is 18.0. The molecule has 1 unspecified atom stereocenters. The molecule has 2 aromatic rings. The maximum atomic E-state index is 12.6. The zero-order valence-corrected chi connectivity index (χ0v) is 37.2. The van der Waals surface area contributed by atoms with E-state index in [2.05, 4.69) is 75.9 Å². The van der Waals surface area contributed by atoms with Crippen molar-refractivity contribution in [3.05, 3.63) is 47.5 Å².